The normalized spacial score (nSPS) is 15.0. The minimum atomic E-state index is -0.460. The number of nitrogens with zero attached hydrogens (tertiary/aromatic N) is 3. The molecule has 1 aliphatic heterocycles. The molecule has 0 aromatic carbocycles. The van der Waals surface area contributed by atoms with Crippen LogP contribution in [0.25, 0.3) is 0 Å². The van der Waals surface area contributed by atoms with Crippen molar-refractivity contribution in [2.45, 2.75) is 45.3 Å². The van der Waals surface area contributed by atoms with E-state index in [1.807, 2.05) is 11.8 Å². The molecular formula is C17H22N4O2S. The summed E-state index contributed by atoms with van der Waals surface area (Å²) in [6, 6.07) is 3.40. The summed E-state index contributed by atoms with van der Waals surface area (Å²) in [5.74, 6) is -0.166. The molecule has 0 saturated heterocycles. The summed E-state index contributed by atoms with van der Waals surface area (Å²) in [5.41, 5.74) is 1.23. The van der Waals surface area contributed by atoms with Gasteiger partial charge in [0, 0.05) is 30.4 Å². The molecule has 0 aliphatic carbocycles. The van der Waals surface area contributed by atoms with Crippen molar-refractivity contribution in [2.24, 2.45) is 0 Å². The first-order valence-electron chi connectivity index (χ1n) is 8.28. The van der Waals surface area contributed by atoms with Crippen molar-refractivity contribution in [2.75, 3.05) is 6.54 Å². The molecule has 1 aliphatic rings. The lowest BCUT2D eigenvalue weighted by Gasteiger charge is -2.30. The van der Waals surface area contributed by atoms with E-state index in [2.05, 4.69) is 21.9 Å². The highest BCUT2D eigenvalue weighted by Gasteiger charge is 2.28. The van der Waals surface area contributed by atoms with Crippen LogP contribution in [0.1, 0.15) is 30.2 Å². The van der Waals surface area contributed by atoms with Crippen LogP contribution >= 0.6 is 11.3 Å². The fourth-order valence-electron chi connectivity index (χ4n) is 2.98. The molecule has 0 radical (unpaired) electrons. The summed E-state index contributed by atoms with van der Waals surface area (Å²) < 4.78 is 1.56. The van der Waals surface area contributed by atoms with E-state index >= 15 is 0 Å². The number of nitrogens with one attached hydrogen (secondary N) is 1. The number of carbonyl (C=O) groups excluding carboxylic acids is 2. The number of fused-ring (bicyclic) bond motifs is 1. The van der Waals surface area contributed by atoms with Crippen LogP contribution in [-0.2, 0) is 29.1 Å². The molecule has 1 N–H and O–H groups in total. The fraction of sp³-hybridized carbons (Fsp3) is 0.471. The third-order valence-corrected chi connectivity index (χ3v) is 5.22. The van der Waals surface area contributed by atoms with Gasteiger partial charge in [-0.3, -0.25) is 14.3 Å². The van der Waals surface area contributed by atoms with Gasteiger partial charge in [-0.1, -0.05) is 13.3 Å². The maximum atomic E-state index is 12.8. The van der Waals surface area contributed by atoms with Crippen LogP contribution < -0.4 is 5.32 Å². The highest BCUT2D eigenvalue weighted by Crippen LogP contribution is 2.24. The Hall–Kier alpha value is -2.15. The second kappa shape index (κ2) is 7.61. The molecule has 0 bridgehead atoms. The molecule has 24 heavy (non-hydrogen) atoms. The van der Waals surface area contributed by atoms with Crippen LogP contribution in [0.5, 0.6) is 0 Å². The third kappa shape index (κ3) is 3.84. The lowest BCUT2D eigenvalue weighted by Crippen LogP contribution is -2.50. The second-order valence-corrected chi connectivity index (χ2v) is 6.99. The van der Waals surface area contributed by atoms with Crippen molar-refractivity contribution < 1.29 is 9.59 Å². The van der Waals surface area contributed by atoms with E-state index in [1.54, 1.807) is 34.5 Å². The lowest BCUT2D eigenvalue weighted by molar-refractivity contribution is -0.137. The summed E-state index contributed by atoms with van der Waals surface area (Å²) in [4.78, 5) is 28.3. The number of thiophene rings is 1. The van der Waals surface area contributed by atoms with Gasteiger partial charge in [-0.05, 0) is 35.9 Å². The molecule has 2 aromatic rings. The largest absolute Gasteiger partial charge is 0.343 e. The Bertz CT molecular complexity index is 695. The molecule has 2 aromatic heterocycles. The fourth-order valence-corrected chi connectivity index (χ4v) is 3.87. The second-order valence-electron chi connectivity index (χ2n) is 5.99. The molecule has 7 heteroatoms. The van der Waals surface area contributed by atoms with Gasteiger partial charge in [-0.25, -0.2) is 0 Å². The van der Waals surface area contributed by atoms with Gasteiger partial charge < -0.3 is 10.2 Å². The lowest BCUT2D eigenvalue weighted by atomic mass is 10.1. The van der Waals surface area contributed by atoms with Crippen LogP contribution in [0.3, 0.4) is 0 Å². The van der Waals surface area contributed by atoms with E-state index < -0.39 is 6.04 Å². The first-order valence-corrected chi connectivity index (χ1v) is 9.16. The molecule has 128 valence electrons. The molecule has 6 nitrogen and oxygen atoms in total. The van der Waals surface area contributed by atoms with Crippen LogP contribution in [0.15, 0.2) is 29.9 Å². The van der Waals surface area contributed by atoms with Crippen molar-refractivity contribution in [1.29, 1.82) is 0 Å². The van der Waals surface area contributed by atoms with E-state index in [4.69, 9.17) is 0 Å². The van der Waals surface area contributed by atoms with Gasteiger partial charge in [0.25, 0.3) is 0 Å². The summed E-state index contributed by atoms with van der Waals surface area (Å²) in [6.45, 7) is 3.52. The first kappa shape index (κ1) is 16.7. The maximum Gasteiger partial charge on any atom is 0.245 e. The van der Waals surface area contributed by atoms with Crippen LogP contribution in [0.2, 0.25) is 0 Å². The summed E-state index contributed by atoms with van der Waals surface area (Å²) in [6.07, 6.45) is 5.76. The number of hydrogen-bond acceptors (Lipinski definition) is 4. The monoisotopic (exact) mass is 346 g/mol. The topological polar surface area (TPSA) is 67.2 Å². The van der Waals surface area contributed by atoms with Gasteiger partial charge in [-0.15, -0.1) is 11.3 Å². The van der Waals surface area contributed by atoms with Gasteiger partial charge in [0.2, 0.25) is 11.8 Å². The van der Waals surface area contributed by atoms with Gasteiger partial charge >= 0.3 is 0 Å². The smallest absolute Gasteiger partial charge is 0.245 e. The van der Waals surface area contributed by atoms with Crippen molar-refractivity contribution >= 4 is 23.2 Å². The molecule has 2 amide bonds. The number of rotatable bonds is 6. The van der Waals surface area contributed by atoms with Crippen LogP contribution in [0, 0.1) is 0 Å². The van der Waals surface area contributed by atoms with E-state index in [9.17, 15) is 9.59 Å². The quantitative estimate of drug-likeness (QED) is 0.867. The van der Waals surface area contributed by atoms with Gasteiger partial charge in [0.05, 0.1) is 0 Å². The predicted molar refractivity (Wildman–Crippen MR) is 92.5 cm³/mol. The average molecular weight is 346 g/mol. The SMILES string of the molecule is CCCC(NC(=O)Cn1cccn1)C(=O)N1CCc2sccc2C1. The van der Waals surface area contributed by atoms with Crippen LogP contribution in [-0.4, -0.2) is 39.1 Å². The van der Waals surface area contributed by atoms with E-state index in [0.717, 1.165) is 19.4 Å². The molecule has 1 unspecified atom stereocenters. The molecule has 0 saturated carbocycles. The third-order valence-electron chi connectivity index (χ3n) is 4.19. The molecular weight excluding hydrogens is 324 g/mol. The van der Waals surface area contributed by atoms with E-state index in [-0.39, 0.29) is 18.4 Å². The maximum absolute atomic E-state index is 12.8. The van der Waals surface area contributed by atoms with Crippen molar-refractivity contribution in [3.05, 3.63) is 40.3 Å². The number of amides is 2. The highest BCUT2D eigenvalue weighted by atomic mass is 32.1. The minimum Gasteiger partial charge on any atom is -0.343 e. The van der Waals surface area contributed by atoms with Crippen molar-refractivity contribution in [1.82, 2.24) is 20.0 Å². The van der Waals surface area contributed by atoms with Crippen LogP contribution in [0.4, 0.5) is 0 Å². The molecule has 0 spiro atoms. The van der Waals surface area contributed by atoms with Gasteiger partial charge in [0.1, 0.15) is 12.6 Å². The molecule has 0 fully saturated rings. The summed E-state index contributed by atoms with van der Waals surface area (Å²) >= 11 is 1.75. The summed E-state index contributed by atoms with van der Waals surface area (Å²) in [5, 5.41) is 8.99. The van der Waals surface area contributed by atoms with Gasteiger partial charge in [0.15, 0.2) is 0 Å². The Balaban J connectivity index is 1.62. The zero-order chi connectivity index (χ0) is 16.9. The number of carbonyl (C=O) groups is 2. The van der Waals surface area contributed by atoms with E-state index in [1.165, 1.54) is 10.4 Å². The van der Waals surface area contributed by atoms with Crippen molar-refractivity contribution in [3.63, 3.8) is 0 Å². The Kier molecular flexibility index (Phi) is 5.30. The Labute approximate surface area is 145 Å². The Morgan fingerprint density at radius 3 is 3.08 bits per heavy atom. The highest BCUT2D eigenvalue weighted by molar-refractivity contribution is 7.10. The van der Waals surface area contributed by atoms with Crippen molar-refractivity contribution in [3.8, 4) is 0 Å². The first-order chi connectivity index (χ1) is 11.7. The zero-order valence-electron chi connectivity index (χ0n) is 13.8. The predicted octanol–water partition coefficient (Wildman–Crippen LogP) is 1.81. The summed E-state index contributed by atoms with van der Waals surface area (Å²) in [7, 11) is 0. The minimum absolute atomic E-state index is 0.0162. The Morgan fingerprint density at radius 2 is 2.33 bits per heavy atom. The number of hydrogen-bond donors (Lipinski definition) is 1. The van der Waals surface area contributed by atoms with E-state index in [0.29, 0.717) is 13.0 Å². The standard InChI is InChI=1S/C17H22N4O2S/c1-2-4-14(19-16(22)12-21-8-3-7-18-21)17(23)20-9-5-15-13(11-20)6-10-24-15/h3,6-8,10,14H,2,4-5,9,11-12H2,1H3,(H,19,22). The average Bonchev–Trinajstić information content (AvgIpc) is 3.24. The zero-order valence-corrected chi connectivity index (χ0v) is 14.6. The molecule has 3 heterocycles. The Morgan fingerprint density at radius 1 is 1.46 bits per heavy atom. The number of aromatic nitrogens is 2. The molecule has 1 atom stereocenters. The molecule has 3 rings (SSSR count). The van der Waals surface area contributed by atoms with Gasteiger partial charge in [-0.2, -0.15) is 5.10 Å².